The average molecular weight is 447 g/mol. The Balaban J connectivity index is 1.49. The van der Waals surface area contributed by atoms with Crippen LogP contribution in [0.2, 0.25) is 0 Å². The van der Waals surface area contributed by atoms with Crippen LogP contribution >= 0.6 is 0 Å². The van der Waals surface area contributed by atoms with Crippen molar-refractivity contribution in [2.24, 2.45) is 5.92 Å². The number of amides is 4. The van der Waals surface area contributed by atoms with Gasteiger partial charge in [0.25, 0.3) is 5.91 Å². The third kappa shape index (κ3) is 3.65. The van der Waals surface area contributed by atoms with Gasteiger partial charge < -0.3 is 10.1 Å². The number of hydrogen-bond acceptors (Lipinski definition) is 4. The summed E-state index contributed by atoms with van der Waals surface area (Å²) in [6, 6.07) is 10.8. The summed E-state index contributed by atoms with van der Waals surface area (Å²) in [5.41, 5.74) is 0.522. The zero-order valence-corrected chi connectivity index (χ0v) is 17.2. The van der Waals surface area contributed by atoms with Gasteiger partial charge in [-0.2, -0.15) is 18.2 Å². The van der Waals surface area contributed by atoms with Gasteiger partial charge in [0.15, 0.2) is 0 Å². The van der Waals surface area contributed by atoms with Crippen molar-refractivity contribution >= 4 is 17.8 Å². The first-order valence-electron chi connectivity index (χ1n) is 9.84. The van der Waals surface area contributed by atoms with Gasteiger partial charge in [-0.3, -0.25) is 15.0 Å². The fourth-order valence-corrected chi connectivity index (χ4v) is 3.97. The quantitative estimate of drug-likeness (QED) is 0.689. The number of carbonyl (C=O) groups excluding carboxylic acids is 3. The van der Waals surface area contributed by atoms with Crippen LogP contribution in [0, 0.1) is 5.92 Å². The summed E-state index contributed by atoms with van der Waals surface area (Å²) >= 11 is 0. The second-order valence-electron chi connectivity index (χ2n) is 7.94. The van der Waals surface area contributed by atoms with Crippen LogP contribution < -0.4 is 15.5 Å². The van der Waals surface area contributed by atoms with Crippen LogP contribution in [0.15, 0.2) is 48.5 Å². The summed E-state index contributed by atoms with van der Waals surface area (Å²) in [5, 5.41) is 3.13. The molecule has 1 aliphatic carbocycles. The average Bonchev–Trinajstić information content (AvgIpc) is 3.53. The molecule has 4 amide bonds. The minimum atomic E-state index is -4.54. The Morgan fingerprint density at radius 3 is 2.59 bits per heavy atom. The van der Waals surface area contributed by atoms with Crippen LogP contribution in [0.3, 0.4) is 0 Å². The molecule has 0 unspecified atom stereocenters. The van der Waals surface area contributed by atoms with Crippen molar-refractivity contribution in [2.45, 2.75) is 31.0 Å². The first-order valence-corrected chi connectivity index (χ1v) is 9.84. The number of nitrogens with zero attached hydrogens (tertiary/aromatic N) is 1. The zero-order valence-electron chi connectivity index (χ0n) is 17.2. The van der Waals surface area contributed by atoms with Crippen LogP contribution in [0.5, 0.6) is 5.75 Å². The summed E-state index contributed by atoms with van der Waals surface area (Å²) in [4.78, 5) is 38.1. The molecule has 0 radical (unpaired) electrons. The van der Waals surface area contributed by atoms with Crippen LogP contribution in [0.25, 0.3) is 0 Å². The SMILES string of the molecule is COc1cccc([C@]2(C)NC(=O)N(NC(=O)[C@@H]3C[C@@H]3c3ccccc3C(F)(F)F)C2=O)c1. The van der Waals surface area contributed by atoms with Crippen molar-refractivity contribution in [2.75, 3.05) is 7.11 Å². The van der Waals surface area contributed by atoms with Gasteiger partial charge in [0, 0.05) is 5.92 Å². The second-order valence-corrected chi connectivity index (χ2v) is 7.94. The largest absolute Gasteiger partial charge is 0.497 e. The summed E-state index contributed by atoms with van der Waals surface area (Å²) in [6.45, 7) is 1.49. The van der Waals surface area contributed by atoms with Crippen molar-refractivity contribution < 1.29 is 32.3 Å². The lowest BCUT2D eigenvalue weighted by Gasteiger charge is -2.22. The van der Waals surface area contributed by atoms with Crippen LogP contribution in [0.1, 0.15) is 36.0 Å². The Morgan fingerprint density at radius 2 is 1.91 bits per heavy atom. The topological polar surface area (TPSA) is 87.7 Å². The maximum Gasteiger partial charge on any atom is 0.416 e. The van der Waals surface area contributed by atoms with Crippen molar-refractivity contribution in [3.63, 3.8) is 0 Å². The normalized spacial score (nSPS) is 24.8. The van der Waals surface area contributed by atoms with Crippen LogP contribution in [-0.2, 0) is 21.3 Å². The molecule has 2 aromatic rings. The Labute approximate surface area is 181 Å². The molecule has 0 aromatic heterocycles. The molecule has 1 saturated heterocycles. The number of carbonyl (C=O) groups is 3. The maximum absolute atomic E-state index is 13.3. The fraction of sp³-hybridized carbons (Fsp3) is 0.318. The Hall–Kier alpha value is -3.56. The lowest BCUT2D eigenvalue weighted by Crippen LogP contribution is -2.48. The highest BCUT2D eigenvalue weighted by molar-refractivity contribution is 6.08. The third-order valence-corrected chi connectivity index (χ3v) is 5.85. The van der Waals surface area contributed by atoms with E-state index in [1.54, 1.807) is 24.3 Å². The van der Waals surface area contributed by atoms with Gasteiger partial charge in [-0.1, -0.05) is 30.3 Å². The van der Waals surface area contributed by atoms with E-state index < -0.39 is 47.0 Å². The highest BCUT2D eigenvalue weighted by atomic mass is 19.4. The number of methoxy groups -OCH3 is 1. The molecule has 10 heteroatoms. The number of halogens is 3. The van der Waals surface area contributed by atoms with E-state index in [0.717, 1.165) is 6.07 Å². The van der Waals surface area contributed by atoms with E-state index >= 15 is 0 Å². The van der Waals surface area contributed by atoms with Crippen LogP contribution in [0.4, 0.5) is 18.0 Å². The van der Waals surface area contributed by atoms with Crippen molar-refractivity contribution in [1.82, 2.24) is 15.8 Å². The van der Waals surface area contributed by atoms with Gasteiger partial charge in [0.1, 0.15) is 11.3 Å². The van der Waals surface area contributed by atoms with Gasteiger partial charge in [0.2, 0.25) is 5.91 Å². The minimum Gasteiger partial charge on any atom is -0.497 e. The highest BCUT2D eigenvalue weighted by Crippen LogP contribution is 2.51. The van der Waals surface area contributed by atoms with E-state index in [2.05, 4.69) is 10.7 Å². The molecular formula is C22H20F3N3O4. The Morgan fingerprint density at radius 1 is 1.19 bits per heavy atom. The number of nitrogens with one attached hydrogen (secondary N) is 2. The predicted molar refractivity (Wildman–Crippen MR) is 106 cm³/mol. The molecule has 32 heavy (non-hydrogen) atoms. The first-order chi connectivity index (χ1) is 15.1. The number of urea groups is 1. The number of hydrazine groups is 1. The molecule has 168 valence electrons. The lowest BCUT2D eigenvalue weighted by atomic mass is 9.92. The molecule has 3 atom stereocenters. The molecule has 1 aliphatic heterocycles. The smallest absolute Gasteiger partial charge is 0.416 e. The molecule has 2 fully saturated rings. The molecule has 2 aliphatic rings. The van der Waals surface area contributed by atoms with E-state index in [-0.39, 0.29) is 12.0 Å². The Bertz CT molecular complexity index is 1100. The summed E-state index contributed by atoms with van der Waals surface area (Å²) < 4.78 is 45.0. The molecule has 1 saturated carbocycles. The van der Waals surface area contributed by atoms with E-state index in [1.807, 2.05) is 0 Å². The van der Waals surface area contributed by atoms with Gasteiger partial charge in [-0.15, -0.1) is 0 Å². The number of benzene rings is 2. The fourth-order valence-electron chi connectivity index (χ4n) is 3.97. The van der Waals surface area contributed by atoms with Crippen LogP contribution in [-0.4, -0.2) is 30.0 Å². The monoisotopic (exact) mass is 447 g/mol. The van der Waals surface area contributed by atoms with Gasteiger partial charge in [-0.05, 0) is 48.6 Å². The van der Waals surface area contributed by atoms with Gasteiger partial charge >= 0.3 is 12.2 Å². The number of alkyl halides is 3. The predicted octanol–water partition coefficient (Wildman–Crippen LogP) is 3.32. The van der Waals surface area contributed by atoms with E-state index in [0.29, 0.717) is 16.3 Å². The number of hydrogen-bond donors (Lipinski definition) is 2. The molecule has 2 aromatic carbocycles. The number of rotatable bonds is 5. The summed E-state index contributed by atoms with van der Waals surface area (Å²) in [6.07, 6.45) is -4.35. The molecule has 4 rings (SSSR count). The third-order valence-electron chi connectivity index (χ3n) is 5.85. The number of ether oxygens (including phenoxy) is 1. The van der Waals surface area contributed by atoms with Crippen molar-refractivity contribution in [1.29, 1.82) is 0 Å². The van der Waals surface area contributed by atoms with E-state index in [1.165, 1.54) is 32.2 Å². The standard InChI is InChI=1S/C22H20F3N3O4/c1-21(12-6-5-7-13(10-12)32-2)19(30)28(20(31)26-21)27-18(29)16-11-15(16)14-8-3-4-9-17(14)22(23,24)25/h3-10,15-16H,11H2,1-2H3,(H,26,31)(H,27,29)/t15-,16-,21+/m1/s1. The zero-order chi connectivity index (χ0) is 23.3. The second kappa shape index (κ2) is 7.54. The number of imide groups is 1. The minimum absolute atomic E-state index is 0.0265. The highest BCUT2D eigenvalue weighted by Gasteiger charge is 2.53. The molecule has 7 nitrogen and oxygen atoms in total. The Kier molecular flexibility index (Phi) is 5.10. The van der Waals surface area contributed by atoms with Crippen molar-refractivity contribution in [3.05, 3.63) is 65.2 Å². The molecule has 0 bridgehead atoms. The first kappa shape index (κ1) is 21.7. The molecule has 1 heterocycles. The lowest BCUT2D eigenvalue weighted by molar-refractivity contribution is -0.139. The summed E-state index contributed by atoms with van der Waals surface area (Å²) in [7, 11) is 1.46. The van der Waals surface area contributed by atoms with E-state index in [4.69, 9.17) is 4.74 Å². The van der Waals surface area contributed by atoms with E-state index in [9.17, 15) is 27.6 Å². The molecular weight excluding hydrogens is 427 g/mol. The van der Waals surface area contributed by atoms with Gasteiger partial charge in [-0.25, -0.2) is 4.79 Å². The summed E-state index contributed by atoms with van der Waals surface area (Å²) in [5.74, 6) is -2.33. The molecule has 0 spiro atoms. The van der Waals surface area contributed by atoms with Crippen molar-refractivity contribution in [3.8, 4) is 5.75 Å². The molecule has 2 N–H and O–H groups in total. The van der Waals surface area contributed by atoms with Gasteiger partial charge in [0.05, 0.1) is 12.7 Å². The maximum atomic E-state index is 13.3.